The fourth-order valence-electron chi connectivity index (χ4n) is 5.60. The molecule has 4 aromatic rings. The number of ether oxygens (including phenoxy) is 3. The quantitative estimate of drug-likeness (QED) is 0.0782. The molecule has 0 amide bonds. The van der Waals surface area contributed by atoms with Crippen LogP contribution in [0, 0.1) is 0 Å². The Hall–Kier alpha value is -3.24. The molecular weight excluding hydrogens is 615 g/mol. The van der Waals surface area contributed by atoms with Crippen LogP contribution in [0.2, 0.25) is 0 Å². The van der Waals surface area contributed by atoms with Crippen molar-refractivity contribution in [2.45, 2.75) is 42.0 Å². The Kier molecular flexibility index (Phi) is 6.56. The van der Waals surface area contributed by atoms with Gasteiger partial charge in [-0.1, -0.05) is 12.2 Å². The summed E-state index contributed by atoms with van der Waals surface area (Å²) in [5.74, 6) is -0.105. The van der Waals surface area contributed by atoms with Gasteiger partial charge in [-0.3, -0.25) is 28.0 Å². The van der Waals surface area contributed by atoms with Crippen LogP contribution in [0.15, 0.2) is 23.8 Å². The number of aromatic amines is 1. The molecular formula is C21H25N10O10PS. The first-order valence-electron chi connectivity index (χ1n) is 12.7. The minimum absolute atomic E-state index is 0.129. The van der Waals surface area contributed by atoms with Crippen molar-refractivity contribution in [3.8, 4) is 0 Å². The Labute approximate surface area is 244 Å². The number of aromatic nitrogens is 8. The first-order valence-corrected chi connectivity index (χ1v) is 15.4. The van der Waals surface area contributed by atoms with Crippen molar-refractivity contribution in [1.29, 1.82) is 0 Å². The van der Waals surface area contributed by atoms with Crippen LogP contribution in [-0.4, -0.2) is 111 Å². The van der Waals surface area contributed by atoms with Gasteiger partial charge in [0.05, 0.1) is 39.1 Å². The highest BCUT2D eigenvalue weighted by molar-refractivity contribution is 8.44. The summed E-state index contributed by atoms with van der Waals surface area (Å²) in [6, 6.07) is 0. The van der Waals surface area contributed by atoms with E-state index in [4.69, 9.17) is 34.7 Å². The van der Waals surface area contributed by atoms with Crippen LogP contribution >= 0.6 is 19.0 Å². The van der Waals surface area contributed by atoms with Crippen molar-refractivity contribution in [2.75, 3.05) is 37.9 Å². The predicted molar refractivity (Wildman–Crippen MR) is 145 cm³/mol. The molecule has 8 N–H and O–H groups in total. The second-order valence-electron chi connectivity index (χ2n) is 10.3. The summed E-state index contributed by atoms with van der Waals surface area (Å²) in [5.41, 5.74) is 7.70. The van der Waals surface area contributed by atoms with Gasteiger partial charge >= 0.3 is 6.80 Å². The van der Waals surface area contributed by atoms with Gasteiger partial charge < -0.3 is 41.0 Å². The molecule has 3 aliphatic rings. The van der Waals surface area contributed by atoms with E-state index in [0.717, 1.165) is 10.9 Å². The monoisotopic (exact) mass is 640 g/mol. The average molecular weight is 641 g/mol. The highest BCUT2D eigenvalue weighted by atomic mass is 32.7. The van der Waals surface area contributed by atoms with Crippen molar-refractivity contribution in [3.63, 3.8) is 0 Å². The van der Waals surface area contributed by atoms with Gasteiger partial charge in [-0.2, -0.15) is 4.98 Å². The molecule has 43 heavy (non-hydrogen) atoms. The maximum atomic E-state index is 13.8. The summed E-state index contributed by atoms with van der Waals surface area (Å²) in [5, 5.41) is 32.0. The van der Waals surface area contributed by atoms with Gasteiger partial charge in [-0.25, -0.2) is 24.5 Å². The molecule has 2 bridgehead atoms. The number of imidazole rings is 2. The van der Waals surface area contributed by atoms with E-state index in [-0.39, 0.29) is 29.5 Å². The van der Waals surface area contributed by atoms with E-state index in [0.29, 0.717) is 11.2 Å². The molecule has 8 atom stereocenters. The van der Waals surface area contributed by atoms with Crippen LogP contribution in [0.4, 0.5) is 11.8 Å². The smallest absolute Gasteiger partial charge is 0.388 e. The van der Waals surface area contributed by atoms with E-state index in [2.05, 4.69) is 42.2 Å². The number of nitrogen functional groups attached to an aromatic ring is 2. The van der Waals surface area contributed by atoms with E-state index in [1.165, 1.54) is 17.2 Å². The largest absolute Gasteiger partial charge is 0.394 e. The number of aliphatic hydroxyl groups excluding tert-OH is 3. The SMILES string of the molecule is Nc1nc2c(ncn2[C@@]2(OP(=O)(S)OC[C@@]34CO[C@@H]([C@H](n5cnc6c(N)ncnc65)O3)[C@@H]4O)CO[C@H](CO)[C@H]2O)c(=O)[nH]1. The van der Waals surface area contributed by atoms with Crippen molar-refractivity contribution in [3.05, 3.63) is 29.3 Å². The van der Waals surface area contributed by atoms with Crippen molar-refractivity contribution in [2.24, 2.45) is 0 Å². The second kappa shape index (κ2) is 9.89. The van der Waals surface area contributed by atoms with Crippen molar-refractivity contribution >= 4 is 53.1 Å². The molecule has 3 fully saturated rings. The molecule has 20 nitrogen and oxygen atoms in total. The third-order valence-electron chi connectivity index (χ3n) is 7.75. The van der Waals surface area contributed by atoms with Crippen molar-refractivity contribution < 1.29 is 43.1 Å². The van der Waals surface area contributed by atoms with E-state index in [1.54, 1.807) is 0 Å². The lowest BCUT2D eigenvalue weighted by Gasteiger charge is -2.36. The van der Waals surface area contributed by atoms with E-state index < -0.39 is 74.1 Å². The van der Waals surface area contributed by atoms with E-state index in [1.807, 2.05) is 0 Å². The molecule has 7 heterocycles. The molecule has 4 aromatic heterocycles. The maximum absolute atomic E-state index is 13.8. The Morgan fingerprint density at radius 2 is 1.91 bits per heavy atom. The first kappa shape index (κ1) is 28.5. The number of nitrogens with zero attached hydrogens (tertiary/aromatic N) is 7. The van der Waals surface area contributed by atoms with Gasteiger partial charge in [0.15, 0.2) is 28.9 Å². The topological polar surface area (TPSA) is 283 Å². The molecule has 0 saturated carbocycles. The van der Waals surface area contributed by atoms with Crippen LogP contribution in [-0.2, 0) is 33.5 Å². The lowest BCUT2D eigenvalue weighted by molar-refractivity contribution is -0.184. The molecule has 0 radical (unpaired) electrons. The van der Waals surface area contributed by atoms with Crippen molar-refractivity contribution in [1.82, 2.24) is 39.0 Å². The maximum Gasteiger partial charge on any atom is 0.388 e. The standard InChI is InChI=1S/C21H25N10O10PS/c22-14-9-15(25-5-24-14)30(6-26-9)18-11-13(34)20(40-18,2-38-11)3-39-42(36,43)41-21(4-37-8(1-32)12(21)33)31-7-27-10-16(31)28-19(23)29-17(10)35/h5-8,11-13,18,32-34H,1-4H2,(H,36,43)(H2,22,24,25)(H3,23,28,29,35)/t8-,11-,12-,13+,18-,20-,21-,42?/m1/s1. The third kappa shape index (κ3) is 4.27. The fourth-order valence-corrected chi connectivity index (χ4v) is 7.28. The number of hydrogen-bond acceptors (Lipinski definition) is 17. The zero-order chi connectivity index (χ0) is 30.3. The summed E-state index contributed by atoms with van der Waals surface area (Å²) >= 11 is 4.13. The first-order chi connectivity index (χ1) is 20.5. The summed E-state index contributed by atoms with van der Waals surface area (Å²) in [7, 11) is 0. The normalized spacial score (nSPS) is 33.5. The van der Waals surface area contributed by atoms with Crippen LogP contribution in [0.1, 0.15) is 6.23 Å². The number of H-pyrrole nitrogens is 1. The average Bonchev–Trinajstić information content (AvgIpc) is 3.77. The highest BCUT2D eigenvalue weighted by Gasteiger charge is 2.63. The molecule has 0 aliphatic carbocycles. The number of nitrogens with two attached hydrogens (primary N) is 2. The second-order valence-corrected chi connectivity index (χ2v) is 13.1. The number of thiol groups is 1. The molecule has 230 valence electrons. The molecule has 3 aliphatic heterocycles. The molecule has 7 rings (SSSR count). The molecule has 3 saturated heterocycles. The minimum atomic E-state index is -4.49. The molecule has 22 heteroatoms. The summed E-state index contributed by atoms with van der Waals surface area (Å²) < 4.78 is 45.4. The van der Waals surface area contributed by atoms with Crippen LogP contribution in [0.5, 0.6) is 0 Å². The number of aliphatic hydroxyl groups is 3. The van der Waals surface area contributed by atoms with Gasteiger partial charge in [-0.05, 0) is 0 Å². The van der Waals surface area contributed by atoms with E-state index >= 15 is 0 Å². The zero-order valence-electron chi connectivity index (χ0n) is 21.8. The highest BCUT2D eigenvalue weighted by Crippen LogP contribution is 2.60. The number of hydrogen-bond donors (Lipinski definition) is 7. The number of fused-ring (bicyclic) bond motifs is 4. The van der Waals surface area contributed by atoms with Gasteiger partial charge in [0.1, 0.15) is 41.9 Å². The van der Waals surface area contributed by atoms with Crippen LogP contribution in [0.25, 0.3) is 22.3 Å². The molecule has 0 aromatic carbocycles. The summed E-state index contributed by atoms with van der Waals surface area (Å²) in [6.07, 6.45) is -2.08. The van der Waals surface area contributed by atoms with E-state index in [9.17, 15) is 24.7 Å². The Morgan fingerprint density at radius 3 is 2.67 bits per heavy atom. The van der Waals surface area contributed by atoms with Gasteiger partial charge in [0, 0.05) is 0 Å². The van der Waals surface area contributed by atoms with Gasteiger partial charge in [0.2, 0.25) is 11.7 Å². The zero-order valence-corrected chi connectivity index (χ0v) is 23.6. The third-order valence-corrected chi connectivity index (χ3v) is 9.34. The lowest BCUT2D eigenvalue weighted by Crippen LogP contribution is -2.49. The van der Waals surface area contributed by atoms with Gasteiger partial charge in [0.25, 0.3) is 5.56 Å². The van der Waals surface area contributed by atoms with Crippen LogP contribution in [0.3, 0.4) is 0 Å². The minimum Gasteiger partial charge on any atom is -0.394 e. The Balaban J connectivity index is 1.17. The van der Waals surface area contributed by atoms with Gasteiger partial charge in [-0.15, -0.1) is 0 Å². The Morgan fingerprint density at radius 1 is 1.12 bits per heavy atom. The number of nitrogens with one attached hydrogen (secondary N) is 1. The Bertz CT molecular complexity index is 1840. The predicted octanol–water partition coefficient (Wildman–Crippen LogP) is -2.37. The molecule has 0 spiro atoms. The number of anilines is 2. The molecule has 1 unspecified atom stereocenters. The lowest BCUT2D eigenvalue weighted by atomic mass is 10.0. The number of rotatable bonds is 8. The van der Waals surface area contributed by atoms with Crippen LogP contribution < -0.4 is 17.0 Å². The summed E-state index contributed by atoms with van der Waals surface area (Å²) in [6.45, 7) is -6.26. The fraction of sp³-hybridized carbons (Fsp3) is 0.524. The summed E-state index contributed by atoms with van der Waals surface area (Å²) in [4.78, 5) is 35.1.